The highest BCUT2D eigenvalue weighted by atomic mass is 35.5. The molecule has 0 aliphatic rings. The second-order valence-corrected chi connectivity index (χ2v) is 6.94. The molecule has 0 spiro atoms. The lowest BCUT2D eigenvalue weighted by Crippen LogP contribution is -2.25. The molecular weight excluding hydrogens is 330 g/mol. The molecule has 0 unspecified atom stereocenters. The summed E-state index contributed by atoms with van der Waals surface area (Å²) in [5, 5.41) is 4.30. The Balaban J connectivity index is 1.52. The molecule has 0 saturated carbocycles. The van der Waals surface area contributed by atoms with E-state index in [1.165, 1.54) is 5.56 Å². The first-order valence-electron chi connectivity index (χ1n) is 8.74. The Bertz CT molecular complexity index is 810. The monoisotopic (exact) mass is 353 g/mol. The van der Waals surface area contributed by atoms with Gasteiger partial charge in [0.2, 0.25) is 0 Å². The van der Waals surface area contributed by atoms with E-state index in [4.69, 9.17) is 16.0 Å². The Kier molecular flexibility index (Phi) is 5.95. The van der Waals surface area contributed by atoms with Crippen molar-refractivity contribution in [2.75, 3.05) is 0 Å². The minimum Gasteiger partial charge on any atom is -0.460 e. The zero-order valence-electron chi connectivity index (χ0n) is 14.8. The van der Waals surface area contributed by atoms with Crippen LogP contribution in [-0.4, -0.2) is 6.04 Å². The van der Waals surface area contributed by atoms with Gasteiger partial charge in [-0.3, -0.25) is 0 Å². The minimum atomic E-state index is 0.433. The van der Waals surface area contributed by atoms with E-state index < -0.39 is 0 Å². The van der Waals surface area contributed by atoms with E-state index in [9.17, 15) is 0 Å². The molecule has 2 nitrogen and oxygen atoms in total. The van der Waals surface area contributed by atoms with Gasteiger partial charge in [0, 0.05) is 16.6 Å². The van der Waals surface area contributed by atoms with Crippen LogP contribution < -0.4 is 5.32 Å². The van der Waals surface area contributed by atoms with Crippen LogP contribution in [0.3, 0.4) is 0 Å². The van der Waals surface area contributed by atoms with E-state index in [1.807, 2.05) is 37.3 Å². The predicted molar refractivity (Wildman–Crippen MR) is 105 cm³/mol. The predicted octanol–water partition coefficient (Wildman–Crippen LogP) is 6.02. The van der Waals surface area contributed by atoms with Gasteiger partial charge in [0.1, 0.15) is 11.5 Å². The van der Waals surface area contributed by atoms with E-state index in [0.717, 1.165) is 47.1 Å². The Hall–Kier alpha value is -2.03. The van der Waals surface area contributed by atoms with Crippen molar-refractivity contribution in [3.8, 4) is 11.3 Å². The van der Waals surface area contributed by atoms with Crippen LogP contribution in [0.2, 0.25) is 5.02 Å². The molecule has 1 N–H and O–H groups in total. The lowest BCUT2D eigenvalue weighted by atomic mass is 10.1. The van der Waals surface area contributed by atoms with Crippen LogP contribution in [0.5, 0.6) is 0 Å². The number of hydrogen-bond acceptors (Lipinski definition) is 2. The van der Waals surface area contributed by atoms with Gasteiger partial charge >= 0.3 is 0 Å². The Morgan fingerprint density at radius 3 is 2.60 bits per heavy atom. The van der Waals surface area contributed by atoms with Crippen LogP contribution in [-0.2, 0) is 13.0 Å². The second kappa shape index (κ2) is 8.37. The molecule has 3 heteroatoms. The fraction of sp³-hybridized carbons (Fsp3) is 0.273. The van der Waals surface area contributed by atoms with Gasteiger partial charge in [-0.15, -0.1) is 0 Å². The molecule has 0 aliphatic heterocycles. The van der Waals surface area contributed by atoms with Crippen LogP contribution in [0.15, 0.2) is 65.1 Å². The van der Waals surface area contributed by atoms with Crippen LogP contribution in [0.1, 0.15) is 30.2 Å². The van der Waals surface area contributed by atoms with Crippen LogP contribution in [0, 0.1) is 6.92 Å². The molecular formula is C22H24ClNO. The number of nitrogens with one attached hydrogen (secondary N) is 1. The average Bonchev–Trinajstić information content (AvgIpc) is 3.10. The number of aryl methyl sites for hydroxylation is 2. The van der Waals surface area contributed by atoms with Gasteiger partial charge in [-0.25, -0.2) is 0 Å². The Morgan fingerprint density at radius 2 is 1.84 bits per heavy atom. The summed E-state index contributed by atoms with van der Waals surface area (Å²) in [5.41, 5.74) is 3.47. The third-order valence-electron chi connectivity index (χ3n) is 4.45. The number of halogens is 1. The van der Waals surface area contributed by atoms with Gasteiger partial charge in [-0.2, -0.15) is 0 Å². The summed E-state index contributed by atoms with van der Waals surface area (Å²) in [6.45, 7) is 4.95. The minimum absolute atomic E-state index is 0.433. The van der Waals surface area contributed by atoms with Crippen molar-refractivity contribution < 1.29 is 4.42 Å². The van der Waals surface area contributed by atoms with Gasteiger partial charge in [0.15, 0.2) is 0 Å². The van der Waals surface area contributed by atoms with Gasteiger partial charge in [0.05, 0.1) is 6.54 Å². The van der Waals surface area contributed by atoms with Crippen molar-refractivity contribution in [3.63, 3.8) is 0 Å². The summed E-state index contributed by atoms with van der Waals surface area (Å²) in [4.78, 5) is 0. The molecule has 1 atom stereocenters. The molecule has 0 fully saturated rings. The highest BCUT2D eigenvalue weighted by Gasteiger charge is 2.08. The topological polar surface area (TPSA) is 25.2 Å². The highest BCUT2D eigenvalue weighted by molar-refractivity contribution is 6.31. The van der Waals surface area contributed by atoms with E-state index in [2.05, 4.69) is 42.6 Å². The van der Waals surface area contributed by atoms with Gasteiger partial charge in [-0.1, -0.05) is 54.1 Å². The fourth-order valence-corrected chi connectivity index (χ4v) is 2.96. The van der Waals surface area contributed by atoms with E-state index in [-0.39, 0.29) is 0 Å². The SMILES string of the molecule is Cc1ccc(-c2ccc(CN[C@H](C)CCc3ccccc3)o2)cc1Cl. The molecule has 1 heterocycles. The van der Waals surface area contributed by atoms with Crippen molar-refractivity contribution in [1.82, 2.24) is 5.32 Å². The number of furan rings is 1. The molecule has 3 rings (SSSR count). The maximum Gasteiger partial charge on any atom is 0.134 e. The molecule has 0 saturated heterocycles. The molecule has 3 aromatic rings. The first kappa shape index (κ1) is 17.8. The summed E-state index contributed by atoms with van der Waals surface area (Å²) in [6.07, 6.45) is 2.19. The lowest BCUT2D eigenvalue weighted by molar-refractivity contribution is 0.449. The van der Waals surface area contributed by atoms with E-state index in [1.54, 1.807) is 0 Å². The molecule has 2 aromatic carbocycles. The number of benzene rings is 2. The van der Waals surface area contributed by atoms with Crippen LogP contribution in [0.25, 0.3) is 11.3 Å². The Morgan fingerprint density at radius 1 is 1.04 bits per heavy atom. The summed E-state index contributed by atoms with van der Waals surface area (Å²) in [6, 6.07) is 21.1. The maximum absolute atomic E-state index is 6.20. The van der Waals surface area contributed by atoms with Crippen molar-refractivity contribution in [3.05, 3.63) is 82.6 Å². The first-order valence-corrected chi connectivity index (χ1v) is 9.12. The van der Waals surface area contributed by atoms with Crippen molar-refractivity contribution in [2.24, 2.45) is 0 Å². The van der Waals surface area contributed by atoms with Crippen molar-refractivity contribution in [2.45, 2.75) is 39.3 Å². The Labute approximate surface area is 154 Å². The highest BCUT2D eigenvalue weighted by Crippen LogP contribution is 2.26. The molecule has 0 bridgehead atoms. The normalized spacial score (nSPS) is 12.3. The summed E-state index contributed by atoms with van der Waals surface area (Å²) >= 11 is 6.20. The molecule has 0 radical (unpaired) electrons. The molecule has 0 amide bonds. The largest absolute Gasteiger partial charge is 0.460 e. The quantitative estimate of drug-likeness (QED) is 0.561. The van der Waals surface area contributed by atoms with Crippen molar-refractivity contribution in [1.29, 1.82) is 0 Å². The lowest BCUT2D eigenvalue weighted by Gasteiger charge is -2.12. The smallest absolute Gasteiger partial charge is 0.134 e. The summed E-state index contributed by atoms with van der Waals surface area (Å²) < 4.78 is 5.96. The van der Waals surface area contributed by atoms with Crippen LogP contribution >= 0.6 is 11.6 Å². The van der Waals surface area contributed by atoms with Gasteiger partial charge in [0.25, 0.3) is 0 Å². The first-order chi connectivity index (χ1) is 12.1. The molecule has 25 heavy (non-hydrogen) atoms. The van der Waals surface area contributed by atoms with E-state index in [0.29, 0.717) is 6.04 Å². The zero-order valence-corrected chi connectivity index (χ0v) is 15.5. The third kappa shape index (κ3) is 4.97. The van der Waals surface area contributed by atoms with E-state index >= 15 is 0 Å². The maximum atomic E-state index is 6.20. The van der Waals surface area contributed by atoms with Crippen LogP contribution in [0.4, 0.5) is 0 Å². The fourth-order valence-electron chi connectivity index (χ4n) is 2.78. The second-order valence-electron chi connectivity index (χ2n) is 6.54. The molecule has 1 aromatic heterocycles. The number of rotatable bonds is 7. The van der Waals surface area contributed by atoms with Gasteiger partial charge in [-0.05, 0) is 56.0 Å². The summed E-state index contributed by atoms with van der Waals surface area (Å²) in [7, 11) is 0. The standard InChI is InChI=1S/C22H24ClNO/c1-16-8-11-19(14-21(16)23)22-13-12-20(25-22)15-24-17(2)9-10-18-6-4-3-5-7-18/h3-8,11-14,17,24H,9-10,15H2,1-2H3/t17-/m1/s1. The third-order valence-corrected chi connectivity index (χ3v) is 4.86. The van der Waals surface area contributed by atoms with Gasteiger partial charge < -0.3 is 9.73 Å². The molecule has 130 valence electrons. The molecule has 0 aliphatic carbocycles. The zero-order chi connectivity index (χ0) is 17.6. The van der Waals surface area contributed by atoms with Crippen molar-refractivity contribution >= 4 is 11.6 Å². The summed E-state index contributed by atoms with van der Waals surface area (Å²) in [5.74, 6) is 1.80. The number of hydrogen-bond donors (Lipinski definition) is 1. The average molecular weight is 354 g/mol.